The molecule has 20 heavy (non-hydrogen) atoms. The van der Waals surface area contributed by atoms with Gasteiger partial charge in [-0.25, -0.2) is 0 Å². The first-order valence-electron chi connectivity index (χ1n) is 7.36. The topological polar surface area (TPSA) is 41.1 Å². The van der Waals surface area contributed by atoms with Crippen molar-refractivity contribution in [1.82, 2.24) is 5.32 Å². The second kappa shape index (κ2) is 6.72. The van der Waals surface area contributed by atoms with Gasteiger partial charge in [0.25, 0.3) is 0 Å². The van der Waals surface area contributed by atoms with Crippen LogP contribution in [0.1, 0.15) is 38.2 Å². The van der Waals surface area contributed by atoms with Gasteiger partial charge in [-0.15, -0.1) is 0 Å². The van der Waals surface area contributed by atoms with E-state index < -0.39 is 0 Å². The molecule has 4 heteroatoms. The van der Waals surface area contributed by atoms with Crippen LogP contribution in [0.25, 0.3) is 0 Å². The monoisotopic (exact) mass is 338 g/mol. The lowest BCUT2D eigenvalue weighted by Crippen LogP contribution is -2.48. The van der Waals surface area contributed by atoms with E-state index in [0.29, 0.717) is 0 Å². The Labute approximate surface area is 129 Å². The highest BCUT2D eigenvalue weighted by atomic mass is 79.9. The quantitative estimate of drug-likeness (QED) is 0.874. The number of nitrogens with one attached hydrogen (secondary N) is 2. The zero-order valence-corrected chi connectivity index (χ0v) is 13.8. The third-order valence-electron chi connectivity index (χ3n) is 4.12. The van der Waals surface area contributed by atoms with E-state index in [-0.39, 0.29) is 11.3 Å². The van der Waals surface area contributed by atoms with E-state index in [4.69, 9.17) is 0 Å². The number of anilines is 1. The van der Waals surface area contributed by atoms with E-state index in [1.54, 1.807) is 0 Å². The number of rotatable bonds is 4. The molecule has 1 atom stereocenters. The minimum Gasteiger partial charge on any atom is -0.325 e. The first-order valence-corrected chi connectivity index (χ1v) is 8.15. The highest BCUT2D eigenvalue weighted by Gasteiger charge is 2.38. The molecule has 0 saturated carbocycles. The predicted octanol–water partition coefficient (Wildman–Crippen LogP) is 3.87. The number of benzene rings is 1. The van der Waals surface area contributed by atoms with Gasteiger partial charge in [0.05, 0.1) is 5.41 Å². The number of hydrogen-bond acceptors (Lipinski definition) is 2. The molecule has 0 aromatic heterocycles. The molecule has 1 amide bonds. The number of carbonyl (C=O) groups excluding carboxylic acids is 1. The van der Waals surface area contributed by atoms with Gasteiger partial charge in [-0.1, -0.05) is 29.3 Å². The van der Waals surface area contributed by atoms with E-state index >= 15 is 0 Å². The Hall–Kier alpha value is -0.870. The summed E-state index contributed by atoms with van der Waals surface area (Å²) in [6, 6.07) is 5.96. The maximum Gasteiger partial charge on any atom is 0.231 e. The third-order valence-corrected chi connectivity index (χ3v) is 4.61. The number of aryl methyl sites for hydroxylation is 1. The Morgan fingerprint density at radius 2 is 2.30 bits per heavy atom. The lowest BCUT2D eigenvalue weighted by atomic mass is 9.76. The van der Waals surface area contributed by atoms with Gasteiger partial charge in [-0.2, -0.15) is 0 Å². The summed E-state index contributed by atoms with van der Waals surface area (Å²) in [5, 5.41) is 6.52. The molecule has 110 valence electrons. The minimum atomic E-state index is -0.244. The average Bonchev–Trinajstić information content (AvgIpc) is 2.43. The molecule has 1 saturated heterocycles. The minimum absolute atomic E-state index is 0.164. The fourth-order valence-corrected chi connectivity index (χ4v) is 3.46. The lowest BCUT2D eigenvalue weighted by molar-refractivity contribution is -0.127. The molecular weight excluding hydrogens is 316 g/mol. The molecule has 1 aliphatic rings. The van der Waals surface area contributed by atoms with E-state index in [9.17, 15) is 4.79 Å². The molecule has 0 bridgehead atoms. The van der Waals surface area contributed by atoms with Gasteiger partial charge < -0.3 is 10.6 Å². The first kappa shape index (κ1) is 15.5. The van der Waals surface area contributed by atoms with Crippen LogP contribution in [0.4, 0.5) is 5.69 Å². The Morgan fingerprint density at radius 3 is 2.90 bits per heavy atom. The molecule has 1 aromatic carbocycles. The van der Waals surface area contributed by atoms with Crippen LogP contribution < -0.4 is 10.6 Å². The van der Waals surface area contributed by atoms with E-state index in [0.717, 1.165) is 54.5 Å². The largest absolute Gasteiger partial charge is 0.325 e. The van der Waals surface area contributed by atoms with Gasteiger partial charge in [-0.05, 0) is 56.5 Å². The summed E-state index contributed by atoms with van der Waals surface area (Å²) in [5.41, 5.74) is 1.76. The number of carbonyl (C=O) groups is 1. The summed E-state index contributed by atoms with van der Waals surface area (Å²) >= 11 is 3.45. The van der Waals surface area contributed by atoms with Crippen molar-refractivity contribution < 1.29 is 4.79 Å². The van der Waals surface area contributed by atoms with Crippen molar-refractivity contribution in [3.05, 3.63) is 28.2 Å². The van der Waals surface area contributed by atoms with Crippen LogP contribution in [-0.2, 0) is 4.79 Å². The number of hydrogen-bond donors (Lipinski definition) is 2. The zero-order chi connectivity index (χ0) is 14.6. The maximum atomic E-state index is 12.8. The van der Waals surface area contributed by atoms with Gasteiger partial charge in [0.1, 0.15) is 0 Å². The van der Waals surface area contributed by atoms with Crippen molar-refractivity contribution in [2.24, 2.45) is 5.41 Å². The van der Waals surface area contributed by atoms with Crippen molar-refractivity contribution in [3.63, 3.8) is 0 Å². The molecule has 0 radical (unpaired) electrons. The standard InChI is InChI=1S/C16H23BrN2O/c1-3-7-16(8-4-9-18-11-16)15(20)19-14-6-5-13(17)10-12(14)2/h5-6,10,18H,3-4,7-9,11H2,1-2H3,(H,19,20). The van der Waals surface area contributed by atoms with Crippen LogP contribution in [-0.4, -0.2) is 19.0 Å². The summed E-state index contributed by atoms with van der Waals surface area (Å²) in [6.45, 7) is 5.98. The molecule has 3 nitrogen and oxygen atoms in total. The summed E-state index contributed by atoms with van der Waals surface area (Å²) in [7, 11) is 0. The fraction of sp³-hybridized carbons (Fsp3) is 0.562. The van der Waals surface area contributed by atoms with E-state index in [1.165, 1.54) is 0 Å². The van der Waals surface area contributed by atoms with Crippen molar-refractivity contribution in [2.75, 3.05) is 18.4 Å². The highest BCUT2D eigenvalue weighted by molar-refractivity contribution is 9.10. The fourth-order valence-electron chi connectivity index (χ4n) is 2.99. The number of halogens is 1. The van der Waals surface area contributed by atoms with Crippen LogP contribution in [0.15, 0.2) is 22.7 Å². The van der Waals surface area contributed by atoms with Gasteiger partial charge >= 0.3 is 0 Å². The van der Waals surface area contributed by atoms with Gasteiger partial charge in [0.15, 0.2) is 0 Å². The molecular formula is C16H23BrN2O. The molecule has 2 rings (SSSR count). The summed E-state index contributed by atoms with van der Waals surface area (Å²) in [4.78, 5) is 12.8. The molecule has 1 aromatic rings. The second-order valence-corrected chi connectivity index (χ2v) is 6.64. The number of amides is 1. The van der Waals surface area contributed by atoms with Gasteiger partial charge in [-0.3, -0.25) is 4.79 Å². The van der Waals surface area contributed by atoms with Gasteiger partial charge in [0.2, 0.25) is 5.91 Å². The van der Waals surface area contributed by atoms with Crippen molar-refractivity contribution in [2.45, 2.75) is 39.5 Å². The maximum absolute atomic E-state index is 12.8. The predicted molar refractivity (Wildman–Crippen MR) is 87.0 cm³/mol. The molecule has 0 spiro atoms. The van der Waals surface area contributed by atoms with E-state index in [2.05, 4.69) is 33.5 Å². The van der Waals surface area contributed by atoms with Crippen molar-refractivity contribution in [3.8, 4) is 0 Å². The second-order valence-electron chi connectivity index (χ2n) is 5.72. The smallest absolute Gasteiger partial charge is 0.231 e. The lowest BCUT2D eigenvalue weighted by Gasteiger charge is -2.36. The van der Waals surface area contributed by atoms with Crippen molar-refractivity contribution in [1.29, 1.82) is 0 Å². The van der Waals surface area contributed by atoms with Crippen LogP contribution in [0.2, 0.25) is 0 Å². The van der Waals surface area contributed by atoms with Gasteiger partial charge in [0, 0.05) is 16.7 Å². The molecule has 2 N–H and O–H groups in total. The Kier molecular flexibility index (Phi) is 5.22. The van der Waals surface area contributed by atoms with Crippen LogP contribution in [0.3, 0.4) is 0 Å². The van der Waals surface area contributed by atoms with E-state index in [1.807, 2.05) is 25.1 Å². The molecule has 1 fully saturated rings. The Balaban J connectivity index is 2.15. The Bertz CT molecular complexity index is 476. The zero-order valence-electron chi connectivity index (χ0n) is 12.3. The third kappa shape index (κ3) is 3.41. The summed E-state index contributed by atoms with van der Waals surface area (Å²) < 4.78 is 1.04. The molecule has 0 aliphatic carbocycles. The SMILES string of the molecule is CCCC1(C(=O)Nc2ccc(Br)cc2C)CCCNC1. The molecule has 1 unspecified atom stereocenters. The summed E-state index contributed by atoms with van der Waals surface area (Å²) in [5.74, 6) is 0.164. The molecule has 1 heterocycles. The summed E-state index contributed by atoms with van der Waals surface area (Å²) in [6.07, 6.45) is 4.04. The van der Waals surface area contributed by atoms with Crippen LogP contribution in [0.5, 0.6) is 0 Å². The van der Waals surface area contributed by atoms with Crippen LogP contribution >= 0.6 is 15.9 Å². The van der Waals surface area contributed by atoms with Crippen LogP contribution in [0, 0.1) is 12.3 Å². The Morgan fingerprint density at radius 1 is 1.50 bits per heavy atom. The number of piperidine rings is 1. The van der Waals surface area contributed by atoms with Crippen molar-refractivity contribution >= 4 is 27.5 Å². The normalized spacial score (nSPS) is 22.6. The highest BCUT2D eigenvalue weighted by Crippen LogP contribution is 2.33. The molecule has 1 aliphatic heterocycles. The first-order chi connectivity index (χ1) is 9.57. The average molecular weight is 339 g/mol.